The zero-order valence-electron chi connectivity index (χ0n) is 22.7. The first-order valence-corrected chi connectivity index (χ1v) is 13.2. The molecule has 0 saturated carbocycles. The molecule has 11 nitrogen and oxygen atoms in total. The van der Waals surface area contributed by atoms with E-state index in [2.05, 4.69) is 20.3 Å². The van der Waals surface area contributed by atoms with E-state index in [-0.39, 0.29) is 40.7 Å². The number of amides is 1. The van der Waals surface area contributed by atoms with Gasteiger partial charge in [0.1, 0.15) is 17.4 Å². The van der Waals surface area contributed by atoms with Gasteiger partial charge in [0.2, 0.25) is 5.95 Å². The average Bonchev–Trinajstić information content (AvgIpc) is 3.68. The SMILES string of the molecule is [2H][C@H]1[C@@H](Nc2ncc(Cl)c(-c3cc(F)c4nc([C@@H]5CCN(C(=O)OC)C5)n(C(C)C)c4c3)n2)[C@H](O)[C@@H]2OC[C@H]1O2. The van der Waals surface area contributed by atoms with Gasteiger partial charge >= 0.3 is 6.09 Å². The standard InChI is InChI=1S/C26H30ClFN6O5/c1-12(2)34-19-7-14(6-17(28)21(19)31-23(34)13-4-5-33(10-13)26(36)37-3)20-16(27)9-29-25(32-20)30-18-8-15-11-38-24(39-15)22(18)35/h6-7,9,12-13,15,18,22,24,35H,4-5,8,10-11H2,1-3H3,(H,29,30,32)/t13-,15+,18-,22+,24-/m1/s1/i8D/t8-,13-,15+,18-,22+,24-. The summed E-state index contributed by atoms with van der Waals surface area (Å²) in [5.74, 6) is 0.239. The second-order valence-electron chi connectivity index (χ2n) is 10.3. The third-order valence-corrected chi connectivity index (χ3v) is 7.67. The fraction of sp³-hybridized carbons (Fsp3) is 0.538. The van der Waals surface area contributed by atoms with E-state index in [0.717, 1.165) is 0 Å². The third-order valence-electron chi connectivity index (χ3n) is 7.39. The van der Waals surface area contributed by atoms with Crippen molar-refractivity contribution in [1.29, 1.82) is 0 Å². The summed E-state index contributed by atoms with van der Waals surface area (Å²) < 4.78 is 41.8. The summed E-state index contributed by atoms with van der Waals surface area (Å²) in [5, 5.41) is 13.9. The van der Waals surface area contributed by atoms with Gasteiger partial charge in [0.15, 0.2) is 12.1 Å². The van der Waals surface area contributed by atoms with Crippen LogP contribution in [0.1, 0.15) is 45.8 Å². The van der Waals surface area contributed by atoms with Crippen LogP contribution in [0.25, 0.3) is 22.3 Å². The van der Waals surface area contributed by atoms with E-state index in [1.54, 1.807) is 11.0 Å². The van der Waals surface area contributed by atoms with Crippen LogP contribution in [-0.4, -0.2) is 87.0 Å². The average molecular weight is 562 g/mol. The van der Waals surface area contributed by atoms with Crippen LogP contribution in [0.2, 0.25) is 5.02 Å². The van der Waals surface area contributed by atoms with Crippen molar-refractivity contribution in [2.24, 2.45) is 0 Å². The Morgan fingerprint density at radius 2 is 2.21 bits per heavy atom. The Morgan fingerprint density at radius 1 is 1.38 bits per heavy atom. The predicted molar refractivity (Wildman–Crippen MR) is 140 cm³/mol. The molecule has 2 N–H and O–H groups in total. The number of fused-ring (bicyclic) bond motifs is 3. The summed E-state index contributed by atoms with van der Waals surface area (Å²) >= 11 is 6.49. The van der Waals surface area contributed by atoms with Gasteiger partial charge in [-0.1, -0.05) is 11.6 Å². The van der Waals surface area contributed by atoms with Crippen LogP contribution in [0.5, 0.6) is 0 Å². The number of carbonyl (C=O) groups excluding carboxylic acids is 1. The molecule has 5 heterocycles. The van der Waals surface area contributed by atoms with Crippen LogP contribution in [0.3, 0.4) is 0 Å². The molecule has 6 atom stereocenters. The molecule has 3 aliphatic rings. The van der Waals surface area contributed by atoms with Crippen LogP contribution >= 0.6 is 11.6 Å². The molecule has 208 valence electrons. The molecular formula is C26H30ClFN6O5. The number of carbonyl (C=O) groups is 1. The van der Waals surface area contributed by atoms with E-state index in [4.69, 9.17) is 27.2 Å². The van der Waals surface area contributed by atoms with Gasteiger partial charge in [-0.2, -0.15) is 0 Å². The number of rotatable bonds is 5. The van der Waals surface area contributed by atoms with Gasteiger partial charge in [0.05, 0.1) is 48.3 Å². The van der Waals surface area contributed by atoms with Crippen LogP contribution in [0.4, 0.5) is 15.1 Å². The molecule has 6 rings (SSSR count). The molecule has 13 heteroatoms. The molecule has 3 saturated heterocycles. The van der Waals surface area contributed by atoms with Gasteiger partial charge in [-0.25, -0.2) is 24.1 Å². The van der Waals surface area contributed by atoms with Gasteiger partial charge in [-0.05, 0) is 38.8 Å². The molecule has 0 aliphatic carbocycles. The lowest BCUT2D eigenvalue weighted by molar-refractivity contribution is -0.156. The maximum atomic E-state index is 15.6. The van der Waals surface area contributed by atoms with Crippen LogP contribution in [-0.2, 0) is 14.2 Å². The highest BCUT2D eigenvalue weighted by Crippen LogP contribution is 2.36. The Bertz CT molecular complexity index is 1440. The van der Waals surface area contributed by atoms with E-state index in [0.29, 0.717) is 36.4 Å². The summed E-state index contributed by atoms with van der Waals surface area (Å²) in [6, 6.07) is 2.36. The van der Waals surface area contributed by atoms with Crippen LogP contribution in [0.15, 0.2) is 18.3 Å². The minimum Gasteiger partial charge on any atom is -0.453 e. The first-order valence-electron chi connectivity index (χ1n) is 13.4. The summed E-state index contributed by atoms with van der Waals surface area (Å²) in [5.41, 5.74) is 1.53. The number of hydrogen-bond donors (Lipinski definition) is 2. The maximum absolute atomic E-state index is 15.6. The number of methoxy groups -OCH3 is 1. The third kappa shape index (κ3) is 4.69. The fourth-order valence-electron chi connectivity index (χ4n) is 5.56. The largest absolute Gasteiger partial charge is 0.453 e. The maximum Gasteiger partial charge on any atom is 0.409 e. The highest BCUT2D eigenvalue weighted by atomic mass is 35.5. The second-order valence-corrected chi connectivity index (χ2v) is 10.7. The highest BCUT2D eigenvalue weighted by molar-refractivity contribution is 6.33. The lowest BCUT2D eigenvalue weighted by atomic mass is 10.0. The van der Waals surface area contributed by atoms with E-state index in [9.17, 15) is 9.90 Å². The van der Waals surface area contributed by atoms with Crippen molar-refractivity contribution in [2.45, 2.75) is 63.2 Å². The molecule has 2 bridgehead atoms. The molecule has 0 unspecified atom stereocenters. The molecule has 0 spiro atoms. The zero-order chi connectivity index (χ0) is 28.3. The summed E-state index contributed by atoms with van der Waals surface area (Å²) in [7, 11) is 1.35. The molecule has 3 fully saturated rings. The first-order chi connectivity index (χ1) is 19.2. The monoisotopic (exact) mass is 561 g/mol. The van der Waals surface area contributed by atoms with Crippen molar-refractivity contribution < 1.29 is 29.9 Å². The number of aliphatic hydroxyl groups is 1. The van der Waals surface area contributed by atoms with E-state index >= 15 is 4.39 Å². The van der Waals surface area contributed by atoms with Gasteiger partial charge in [-0.15, -0.1) is 0 Å². The minimum absolute atomic E-state index is 0.0403. The predicted octanol–water partition coefficient (Wildman–Crippen LogP) is 3.71. The van der Waals surface area contributed by atoms with Crippen molar-refractivity contribution in [2.75, 3.05) is 32.1 Å². The van der Waals surface area contributed by atoms with Gasteiger partial charge < -0.3 is 34.1 Å². The summed E-state index contributed by atoms with van der Waals surface area (Å²) in [6.07, 6.45) is -1.51. The Kier molecular flexibility index (Phi) is 6.50. The Labute approximate surface area is 230 Å². The fourth-order valence-corrected chi connectivity index (χ4v) is 5.76. The zero-order valence-corrected chi connectivity index (χ0v) is 22.4. The molecule has 3 aromatic rings. The number of likely N-dealkylation sites (tertiary alicyclic amines) is 1. The Morgan fingerprint density at radius 3 is 2.97 bits per heavy atom. The number of benzene rings is 1. The quantitative estimate of drug-likeness (QED) is 0.479. The number of aliphatic hydroxyl groups excluding tert-OH is 1. The highest BCUT2D eigenvalue weighted by Gasteiger charge is 2.43. The second kappa shape index (κ2) is 10.2. The number of aromatic nitrogens is 4. The molecule has 1 aromatic carbocycles. The summed E-state index contributed by atoms with van der Waals surface area (Å²) in [6.45, 7) is 5.19. The minimum atomic E-state index is -1.10. The number of halogens is 2. The van der Waals surface area contributed by atoms with Gasteiger partial charge in [0.25, 0.3) is 0 Å². The normalized spacial score (nSPS) is 28.8. The van der Waals surface area contributed by atoms with Crippen molar-refractivity contribution in [3.05, 3.63) is 35.0 Å². The first kappa shape index (κ1) is 24.9. The number of anilines is 1. The molecular weight excluding hydrogens is 531 g/mol. The van der Waals surface area contributed by atoms with Crippen molar-refractivity contribution >= 4 is 34.7 Å². The number of imidazole rings is 1. The van der Waals surface area contributed by atoms with Gasteiger partial charge in [0, 0.05) is 32.0 Å². The number of nitrogens with zero attached hydrogens (tertiary/aromatic N) is 5. The molecule has 1 amide bonds. The molecule has 0 radical (unpaired) electrons. The number of nitrogens with one attached hydrogen (secondary N) is 1. The molecule has 39 heavy (non-hydrogen) atoms. The van der Waals surface area contributed by atoms with Crippen molar-refractivity contribution in [3.63, 3.8) is 0 Å². The van der Waals surface area contributed by atoms with Gasteiger partial charge in [-0.3, -0.25) is 0 Å². The van der Waals surface area contributed by atoms with E-state index in [1.807, 2.05) is 18.4 Å². The molecule has 3 aliphatic heterocycles. The number of ether oxygens (including phenoxy) is 3. The lowest BCUT2D eigenvalue weighted by Crippen LogP contribution is -2.48. The summed E-state index contributed by atoms with van der Waals surface area (Å²) in [4.78, 5) is 27.1. The number of hydrogen-bond acceptors (Lipinski definition) is 9. The topological polar surface area (TPSA) is 124 Å². The van der Waals surface area contributed by atoms with E-state index in [1.165, 1.54) is 19.4 Å². The van der Waals surface area contributed by atoms with Crippen LogP contribution in [0, 0.1) is 5.82 Å². The van der Waals surface area contributed by atoms with Crippen molar-refractivity contribution in [1.82, 2.24) is 24.4 Å². The lowest BCUT2D eigenvalue weighted by Gasteiger charge is -2.32. The smallest absolute Gasteiger partial charge is 0.409 e. The Hall–Kier alpha value is -3.06. The van der Waals surface area contributed by atoms with E-state index < -0.39 is 42.8 Å². The van der Waals surface area contributed by atoms with Crippen molar-refractivity contribution in [3.8, 4) is 11.3 Å². The molecule has 2 aromatic heterocycles. The van der Waals surface area contributed by atoms with Crippen LogP contribution < -0.4 is 5.32 Å². The Balaban J connectivity index is 1.35.